The summed E-state index contributed by atoms with van der Waals surface area (Å²) in [6.45, 7) is 5.54. The van der Waals surface area contributed by atoms with E-state index in [-0.39, 0.29) is 11.3 Å². The maximum atomic E-state index is 10.9. The summed E-state index contributed by atoms with van der Waals surface area (Å²) in [6, 6.07) is 0. The van der Waals surface area contributed by atoms with Crippen molar-refractivity contribution >= 4 is 5.97 Å². The summed E-state index contributed by atoms with van der Waals surface area (Å²) in [6.07, 6.45) is 1.95. The van der Waals surface area contributed by atoms with E-state index in [0.717, 1.165) is 32.7 Å². The van der Waals surface area contributed by atoms with E-state index in [1.807, 2.05) is 0 Å². The molecule has 2 aliphatic rings. The Bertz CT molecular complexity index is 275. The second-order valence-electron chi connectivity index (χ2n) is 5.55. The number of nitrogens with zero attached hydrogens (tertiary/aromatic N) is 1. The van der Waals surface area contributed by atoms with Gasteiger partial charge >= 0.3 is 5.97 Å². The summed E-state index contributed by atoms with van der Waals surface area (Å²) in [5.74, 6) is -0.319. The minimum atomic E-state index is -0.683. The van der Waals surface area contributed by atoms with Gasteiger partial charge in [0, 0.05) is 12.0 Å². The van der Waals surface area contributed by atoms with Gasteiger partial charge in [0.1, 0.15) is 0 Å². The smallest absolute Gasteiger partial charge is 0.306 e. The monoisotopic (exact) mass is 227 g/mol. The Labute approximate surface area is 96.6 Å². The Morgan fingerprint density at radius 1 is 1.62 bits per heavy atom. The highest BCUT2D eigenvalue weighted by Gasteiger charge is 2.48. The molecule has 0 saturated carbocycles. The molecule has 92 valence electrons. The molecule has 0 bridgehead atoms. The number of hydrogen-bond acceptors (Lipinski definition) is 3. The van der Waals surface area contributed by atoms with Crippen molar-refractivity contribution in [3.05, 3.63) is 0 Å². The van der Waals surface area contributed by atoms with Crippen molar-refractivity contribution in [2.24, 2.45) is 17.3 Å². The molecule has 4 heteroatoms. The molecule has 1 N–H and O–H groups in total. The molecule has 0 radical (unpaired) electrons. The standard InChI is InChI=1S/C12H21NO3/c1-9(11(14)15)5-12(7-16-8-12)10-3-4-13(2)6-10/h9-10H,3-8H2,1-2H3,(H,14,15). The van der Waals surface area contributed by atoms with Gasteiger partial charge in [-0.25, -0.2) is 0 Å². The quantitative estimate of drug-likeness (QED) is 0.780. The fourth-order valence-electron chi connectivity index (χ4n) is 3.02. The van der Waals surface area contributed by atoms with Gasteiger partial charge in [-0.15, -0.1) is 0 Å². The van der Waals surface area contributed by atoms with Crippen LogP contribution < -0.4 is 0 Å². The zero-order valence-electron chi connectivity index (χ0n) is 10.1. The van der Waals surface area contributed by atoms with Crippen molar-refractivity contribution in [1.29, 1.82) is 0 Å². The minimum Gasteiger partial charge on any atom is -0.481 e. The number of carboxylic acids is 1. The largest absolute Gasteiger partial charge is 0.481 e. The van der Waals surface area contributed by atoms with Crippen molar-refractivity contribution in [2.45, 2.75) is 19.8 Å². The highest BCUT2D eigenvalue weighted by atomic mass is 16.5. The van der Waals surface area contributed by atoms with Crippen LogP contribution in [0.25, 0.3) is 0 Å². The second-order valence-corrected chi connectivity index (χ2v) is 5.55. The third-order valence-corrected chi connectivity index (χ3v) is 4.17. The third-order valence-electron chi connectivity index (χ3n) is 4.17. The number of likely N-dealkylation sites (tertiary alicyclic amines) is 1. The van der Waals surface area contributed by atoms with Crippen LogP contribution in [0.2, 0.25) is 0 Å². The maximum Gasteiger partial charge on any atom is 0.306 e. The summed E-state index contributed by atoms with van der Waals surface area (Å²) in [7, 11) is 2.13. The van der Waals surface area contributed by atoms with E-state index in [0.29, 0.717) is 5.92 Å². The lowest BCUT2D eigenvalue weighted by Gasteiger charge is -2.47. The molecule has 0 spiro atoms. The fourth-order valence-corrected chi connectivity index (χ4v) is 3.02. The van der Waals surface area contributed by atoms with E-state index >= 15 is 0 Å². The van der Waals surface area contributed by atoms with Crippen LogP contribution >= 0.6 is 0 Å². The normalized spacial score (nSPS) is 31.0. The first-order chi connectivity index (χ1) is 7.53. The predicted octanol–water partition coefficient (Wildman–Crippen LogP) is 1.07. The molecule has 4 nitrogen and oxygen atoms in total. The van der Waals surface area contributed by atoms with Crippen molar-refractivity contribution in [2.75, 3.05) is 33.4 Å². The van der Waals surface area contributed by atoms with Crippen LogP contribution in [0.4, 0.5) is 0 Å². The summed E-state index contributed by atoms with van der Waals surface area (Å²) >= 11 is 0. The van der Waals surface area contributed by atoms with E-state index in [2.05, 4.69) is 11.9 Å². The summed E-state index contributed by atoms with van der Waals surface area (Å²) in [4.78, 5) is 13.3. The van der Waals surface area contributed by atoms with E-state index in [4.69, 9.17) is 9.84 Å². The lowest BCUT2D eigenvalue weighted by Crippen LogP contribution is -2.50. The summed E-state index contributed by atoms with van der Waals surface area (Å²) in [5.41, 5.74) is 0.141. The lowest BCUT2D eigenvalue weighted by molar-refractivity contribution is -0.164. The van der Waals surface area contributed by atoms with Crippen molar-refractivity contribution in [3.63, 3.8) is 0 Å². The Balaban J connectivity index is 1.99. The van der Waals surface area contributed by atoms with Crippen LogP contribution in [0.3, 0.4) is 0 Å². The molecular weight excluding hydrogens is 206 g/mol. The molecule has 2 fully saturated rings. The highest BCUT2D eigenvalue weighted by Crippen LogP contribution is 2.45. The molecule has 2 unspecified atom stereocenters. The van der Waals surface area contributed by atoms with Crippen molar-refractivity contribution < 1.29 is 14.6 Å². The van der Waals surface area contributed by atoms with Crippen LogP contribution in [0, 0.1) is 17.3 Å². The van der Waals surface area contributed by atoms with Crippen molar-refractivity contribution in [1.82, 2.24) is 4.90 Å². The average Bonchev–Trinajstić information content (AvgIpc) is 2.58. The zero-order chi connectivity index (χ0) is 11.8. The third kappa shape index (κ3) is 2.09. The first-order valence-corrected chi connectivity index (χ1v) is 6.02. The number of ether oxygens (including phenoxy) is 1. The summed E-state index contributed by atoms with van der Waals surface area (Å²) in [5, 5.41) is 9.01. The van der Waals surface area contributed by atoms with E-state index in [9.17, 15) is 4.79 Å². The molecule has 2 heterocycles. The Hall–Kier alpha value is -0.610. The van der Waals surface area contributed by atoms with Crippen molar-refractivity contribution in [3.8, 4) is 0 Å². The fraction of sp³-hybridized carbons (Fsp3) is 0.917. The molecule has 0 aromatic heterocycles. The van der Waals surface area contributed by atoms with Gasteiger partial charge in [0.2, 0.25) is 0 Å². The molecule has 0 aromatic carbocycles. The maximum absolute atomic E-state index is 10.9. The minimum absolute atomic E-state index is 0.141. The van der Waals surface area contributed by atoms with E-state index in [1.165, 1.54) is 6.42 Å². The number of carboxylic acid groups (broad SMARTS) is 1. The van der Waals surface area contributed by atoms with E-state index in [1.54, 1.807) is 6.92 Å². The van der Waals surface area contributed by atoms with Gasteiger partial charge in [-0.1, -0.05) is 6.92 Å². The van der Waals surface area contributed by atoms with Crippen LogP contribution in [-0.2, 0) is 9.53 Å². The molecule has 16 heavy (non-hydrogen) atoms. The average molecular weight is 227 g/mol. The molecular formula is C12H21NO3. The number of carbonyl (C=O) groups is 1. The highest BCUT2D eigenvalue weighted by molar-refractivity contribution is 5.69. The van der Waals surface area contributed by atoms with Crippen LogP contribution in [0.1, 0.15) is 19.8 Å². The lowest BCUT2D eigenvalue weighted by atomic mass is 9.68. The molecule has 2 saturated heterocycles. The predicted molar refractivity (Wildman–Crippen MR) is 60.3 cm³/mol. The number of rotatable bonds is 4. The van der Waals surface area contributed by atoms with Gasteiger partial charge in [0.05, 0.1) is 19.1 Å². The van der Waals surface area contributed by atoms with Gasteiger partial charge < -0.3 is 14.7 Å². The van der Waals surface area contributed by atoms with Crippen LogP contribution in [0.5, 0.6) is 0 Å². The molecule has 2 aliphatic heterocycles. The number of hydrogen-bond donors (Lipinski definition) is 1. The zero-order valence-corrected chi connectivity index (χ0v) is 10.1. The molecule has 2 rings (SSSR count). The molecule has 2 atom stereocenters. The summed E-state index contributed by atoms with van der Waals surface area (Å²) < 4.78 is 5.36. The van der Waals surface area contributed by atoms with Gasteiger partial charge in [-0.2, -0.15) is 0 Å². The van der Waals surface area contributed by atoms with Gasteiger partial charge in [-0.05, 0) is 32.4 Å². The molecule has 0 aromatic rings. The first-order valence-electron chi connectivity index (χ1n) is 6.02. The van der Waals surface area contributed by atoms with Gasteiger partial charge in [0.25, 0.3) is 0 Å². The topological polar surface area (TPSA) is 49.8 Å². The Morgan fingerprint density at radius 3 is 2.69 bits per heavy atom. The molecule has 0 amide bonds. The van der Waals surface area contributed by atoms with Gasteiger partial charge in [0.15, 0.2) is 0 Å². The Morgan fingerprint density at radius 2 is 2.31 bits per heavy atom. The van der Waals surface area contributed by atoms with Crippen LogP contribution in [0.15, 0.2) is 0 Å². The van der Waals surface area contributed by atoms with Gasteiger partial charge in [-0.3, -0.25) is 4.79 Å². The van der Waals surface area contributed by atoms with Crippen LogP contribution in [-0.4, -0.2) is 49.3 Å². The molecule has 0 aliphatic carbocycles. The Kier molecular flexibility index (Phi) is 3.22. The number of aliphatic carboxylic acids is 1. The van der Waals surface area contributed by atoms with E-state index < -0.39 is 5.97 Å². The second kappa shape index (κ2) is 4.34. The first kappa shape index (κ1) is 11.9. The SMILES string of the molecule is CC(CC1(C2CCN(C)C2)COC1)C(=O)O.